The van der Waals surface area contributed by atoms with Gasteiger partial charge in [0, 0.05) is 24.5 Å². The molecule has 0 aliphatic rings. The molecule has 1 rings (SSSR count). The van der Waals surface area contributed by atoms with E-state index in [9.17, 15) is 0 Å². The second kappa shape index (κ2) is 6.67. The molecule has 0 saturated heterocycles. The van der Waals surface area contributed by atoms with E-state index in [-0.39, 0.29) is 6.04 Å². The number of aromatic nitrogens is 1. The molecule has 2 nitrogen and oxygen atoms in total. The molecule has 0 radical (unpaired) electrons. The predicted octanol–water partition coefficient (Wildman–Crippen LogP) is 3.48. The van der Waals surface area contributed by atoms with Crippen molar-refractivity contribution in [3.63, 3.8) is 0 Å². The molecule has 0 spiro atoms. The summed E-state index contributed by atoms with van der Waals surface area (Å²) in [6.45, 7) is 5.41. The number of nitrogens with two attached hydrogens (primary N) is 1. The Morgan fingerprint density at radius 1 is 1.27 bits per heavy atom. The van der Waals surface area contributed by atoms with Gasteiger partial charge in [0.2, 0.25) is 0 Å². The zero-order valence-corrected chi connectivity index (χ0v) is 10.1. The molecule has 0 saturated carbocycles. The number of nitrogens with zero attached hydrogens (tertiary/aromatic N) is 1. The molecule has 0 amide bonds. The van der Waals surface area contributed by atoms with E-state index in [0.717, 1.165) is 6.54 Å². The van der Waals surface area contributed by atoms with E-state index in [1.165, 1.54) is 37.8 Å². The van der Waals surface area contributed by atoms with Crippen LogP contribution in [0.3, 0.4) is 0 Å². The van der Waals surface area contributed by atoms with Crippen LogP contribution in [0, 0.1) is 0 Å². The first kappa shape index (κ1) is 12.3. The lowest BCUT2D eigenvalue weighted by Gasteiger charge is -2.11. The molecule has 1 heterocycles. The minimum Gasteiger partial charge on any atom is -0.350 e. The number of hydrogen-bond donors (Lipinski definition) is 1. The lowest BCUT2D eigenvalue weighted by atomic mass is 10.1. The van der Waals surface area contributed by atoms with E-state index in [4.69, 9.17) is 5.73 Å². The minimum atomic E-state index is 0.149. The molecule has 1 unspecified atom stereocenters. The molecular formula is C13H24N2. The second-order valence-electron chi connectivity index (χ2n) is 4.33. The normalized spacial score (nSPS) is 13.0. The highest BCUT2D eigenvalue weighted by atomic mass is 15.0. The Kier molecular flexibility index (Phi) is 5.48. The van der Waals surface area contributed by atoms with Crippen LogP contribution in [0.1, 0.15) is 57.7 Å². The van der Waals surface area contributed by atoms with Gasteiger partial charge in [-0.3, -0.25) is 0 Å². The summed E-state index contributed by atoms with van der Waals surface area (Å²) in [5.41, 5.74) is 7.15. The van der Waals surface area contributed by atoms with Crippen molar-refractivity contribution >= 4 is 0 Å². The summed E-state index contributed by atoms with van der Waals surface area (Å²) in [6.07, 6.45) is 8.79. The quantitative estimate of drug-likeness (QED) is 0.683. The van der Waals surface area contributed by atoms with Gasteiger partial charge in [-0.05, 0) is 25.5 Å². The van der Waals surface area contributed by atoms with Crippen LogP contribution in [0.4, 0.5) is 0 Å². The molecule has 86 valence electrons. The average molecular weight is 208 g/mol. The molecule has 0 aliphatic carbocycles. The van der Waals surface area contributed by atoms with Gasteiger partial charge in [0.05, 0.1) is 0 Å². The molecule has 1 atom stereocenters. The lowest BCUT2D eigenvalue weighted by molar-refractivity contribution is 0.547. The Bertz CT molecular complexity index is 263. The Hall–Kier alpha value is -0.760. The van der Waals surface area contributed by atoms with Crippen molar-refractivity contribution in [1.29, 1.82) is 0 Å². The zero-order valence-electron chi connectivity index (χ0n) is 10.1. The van der Waals surface area contributed by atoms with Gasteiger partial charge in [-0.2, -0.15) is 0 Å². The molecule has 15 heavy (non-hydrogen) atoms. The van der Waals surface area contributed by atoms with Gasteiger partial charge in [0.25, 0.3) is 0 Å². The third-order valence-corrected chi connectivity index (χ3v) is 2.83. The first-order valence-corrected chi connectivity index (χ1v) is 6.16. The standard InChI is InChI=1S/C13H24N2/c1-3-4-5-6-7-10-15-11-8-9-13(15)12(2)14/h8-9,11-12H,3-7,10,14H2,1-2H3. The largest absolute Gasteiger partial charge is 0.350 e. The van der Waals surface area contributed by atoms with Gasteiger partial charge in [0.1, 0.15) is 0 Å². The van der Waals surface area contributed by atoms with Crippen molar-refractivity contribution in [3.05, 3.63) is 24.0 Å². The zero-order chi connectivity index (χ0) is 11.1. The van der Waals surface area contributed by atoms with Gasteiger partial charge >= 0.3 is 0 Å². The summed E-state index contributed by atoms with van der Waals surface area (Å²) in [5.74, 6) is 0. The third-order valence-electron chi connectivity index (χ3n) is 2.83. The maximum Gasteiger partial charge on any atom is 0.0421 e. The molecule has 0 aromatic carbocycles. The van der Waals surface area contributed by atoms with Crippen molar-refractivity contribution in [3.8, 4) is 0 Å². The van der Waals surface area contributed by atoms with Gasteiger partial charge in [-0.15, -0.1) is 0 Å². The molecule has 2 N–H and O–H groups in total. The van der Waals surface area contributed by atoms with Crippen LogP contribution in [-0.2, 0) is 6.54 Å². The monoisotopic (exact) mass is 208 g/mol. The molecule has 0 bridgehead atoms. The van der Waals surface area contributed by atoms with Crippen molar-refractivity contribution in [2.45, 2.75) is 58.5 Å². The van der Waals surface area contributed by atoms with E-state index < -0.39 is 0 Å². The Balaban J connectivity index is 2.28. The van der Waals surface area contributed by atoms with E-state index in [1.54, 1.807) is 0 Å². The Morgan fingerprint density at radius 2 is 2.00 bits per heavy atom. The summed E-state index contributed by atoms with van der Waals surface area (Å²) in [7, 11) is 0. The van der Waals surface area contributed by atoms with Crippen molar-refractivity contribution in [2.75, 3.05) is 0 Å². The van der Waals surface area contributed by atoms with Crippen molar-refractivity contribution < 1.29 is 0 Å². The van der Waals surface area contributed by atoms with Crippen LogP contribution in [-0.4, -0.2) is 4.57 Å². The van der Waals surface area contributed by atoms with Crippen molar-refractivity contribution in [1.82, 2.24) is 4.57 Å². The maximum absolute atomic E-state index is 5.89. The van der Waals surface area contributed by atoms with Gasteiger partial charge in [0.15, 0.2) is 0 Å². The Morgan fingerprint density at radius 3 is 2.67 bits per heavy atom. The molecule has 1 aromatic heterocycles. The summed E-state index contributed by atoms with van der Waals surface area (Å²) >= 11 is 0. The first-order chi connectivity index (χ1) is 7.25. The number of hydrogen-bond acceptors (Lipinski definition) is 1. The second-order valence-corrected chi connectivity index (χ2v) is 4.33. The van der Waals surface area contributed by atoms with E-state index in [0.29, 0.717) is 0 Å². The summed E-state index contributed by atoms with van der Waals surface area (Å²) < 4.78 is 2.29. The van der Waals surface area contributed by atoms with Gasteiger partial charge in [-0.25, -0.2) is 0 Å². The minimum absolute atomic E-state index is 0.149. The Labute approximate surface area is 93.5 Å². The smallest absolute Gasteiger partial charge is 0.0421 e. The van der Waals surface area contributed by atoms with E-state index in [2.05, 4.69) is 29.8 Å². The van der Waals surface area contributed by atoms with Crippen LogP contribution in [0.15, 0.2) is 18.3 Å². The van der Waals surface area contributed by atoms with E-state index >= 15 is 0 Å². The molecule has 1 aromatic rings. The number of aryl methyl sites for hydroxylation is 1. The molecule has 2 heteroatoms. The summed E-state index contributed by atoms with van der Waals surface area (Å²) in [4.78, 5) is 0. The third kappa shape index (κ3) is 4.08. The van der Waals surface area contributed by atoms with Crippen LogP contribution in [0.25, 0.3) is 0 Å². The van der Waals surface area contributed by atoms with Crippen LogP contribution < -0.4 is 5.73 Å². The fourth-order valence-corrected chi connectivity index (χ4v) is 1.93. The van der Waals surface area contributed by atoms with Crippen molar-refractivity contribution in [2.24, 2.45) is 5.73 Å². The van der Waals surface area contributed by atoms with Crippen LogP contribution >= 0.6 is 0 Å². The highest BCUT2D eigenvalue weighted by Gasteiger charge is 2.04. The SMILES string of the molecule is CCCCCCCn1cccc1C(C)N. The first-order valence-electron chi connectivity index (χ1n) is 6.16. The molecular weight excluding hydrogens is 184 g/mol. The maximum atomic E-state index is 5.89. The van der Waals surface area contributed by atoms with Gasteiger partial charge < -0.3 is 10.3 Å². The average Bonchev–Trinajstić information content (AvgIpc) is 2.66. The highest BCUT2D eigenvalue weighted by Crippen LogP contribution is 2.12. The lowest BCUT2D eigenvalue weighted by Crippen LogP contribution is -2.11. The molecule has 0 aliphatic heterocycles. The molecule has 0 fully saturated rings. The predicted molar refractivity (Wildman–Crippen MR) is 65.8 cm³/mol. The van der Waals surface area contributed by atoms with Crippen LogP contribution in [0.5, 0.6) is 0 Å². The van der Waals surface area contributed by atoms with E-state index in [1.807, 2.05) is 6.92 Å². The van der Waals surface area contributed by atoms with Gasteiger partial charge in [-0.1, -0.05) is 32.6 Å². The number of rotatable bonds is 7. The van der Waals surface area contributed by atoms with Crippen LogP contribution in [0.2, 0.25) is 0 Å². The summed E-state index contributed by atoms with van der Waals surface area (Å²) in [6, 6.07) is 4.36. The summed E-state index contributed by atoms with van der Waals surface area (Å²) in [5, 5.41) is 0. The number of unbranched alkanes of at least 4 members (excludes halogenated alkanes) is 4. The fraction of sp³-hybridized carbons (Fsp3) is 0.692. The highest BCUT2D eigenvalue weighted by molar-refractivity contribution is 5.10. The topological polar surface area (TPSA) is 30.9 Å². The fourth-order valence-electron chi connectivity index (χ4n) is 1.93.